The monoisotopic (exact) mass is 555 g/mol. The molecule has 0 aliphatic rings. The maximum atomic E-state index is 12.2. The van der Waals surface area contributed by atoms with Crippen LogP contribution in [0.5, 0.6) is 0 Å². The van der Waals surface area contributed by atoms with Crippen molar-refractivity contribution in [3.63, 3.8) is 0 Å². The molecule has 0 saturated heterocycles. The first-order valence-corrected chi connectivity index (χ1v) is 13.0. The lowest BCUT2D eigenvalue weighted by Gasteiger charge is -2.05. The van der Waals surface area contributed by atoms with Gasteiger partial charge in [-0.15, -0.1) is 11.8 Å². The lowest BCUT2D eigenvalue weighted by Crippen LogP contribution is -2.01. The number of nitrogens with zero attached hydrogens (tertiary/aromatic N) is 3. The number of benzene rings is 2. The number of aldehydes is 1. The minimum atomic E-state index is 0.328. The van der Waals surface area contributed by atoms with Gasteiger partial charge in [-0.25, -0.2) is 9.67 Å². The van der Waals surface area contributed by atoms with Crippen LogP contribution in [-0.4, -0.2) is 26.3 Å². The molecule has 0 unspecified atom stereocenters. The van der Waals surface area contributed by atoms with E-state index >= 15 is 0 Å². The van der Waals surface area contributed by atoms with Crippen LogP contribution >= 0.6 is 69.5 Å². The van der Waals surface area contributed by atoms with Crippen LogP contribution in [0.25, 0.3) is 27.5 Å². The largest absolute Gasteiger partial charge is 0.296 e. The fourth-order valence-electron chi connectivity index (χ4n) is 3.36. The summed E-state index contributed by atoms with van der Waals surface area (Å²) in [7, 11) is 0. The smallest absolute Gasteiger partial charge is 0.212 e. The predicted octanol–water partition coefficient (Wildman–Crippen LogP) is 8.90. The zero-order chi connectivity index (χ0) is 23.9. The summed E-state index contributed by atoms with van der Waals surface area (Å²) in [6.45, 7) is 6.06. The minimum absolute atomic E-state index is 0.328. The van der Waals surface area contributed by atoms with Gasteiger partial charge in [-0.05, 0) is 42.8 Å². The highest BCUT2D eigenvalue weighted by atomic mass is 35.5. The molecule has 4 rings (SSSR count). The molecule has 33 heavy (non-hydrogen) atoms. The van der Waals surface area contributed by atoms with Crippen LogP contribution in [0.1, 0.15) is 30.0 Å². The summed E-state index contributed by atoms with van der Waals surface area (Å²) in [6, 6.07) is 10.6. The van der Waals surface area contributed by atoms with E-state index in [0.29, 0.717) is 47.4 Å². The van der Waals surface area contributed by atoms with E-state index in [1.54, 1.807) is 46.8 Å². The van der Waals surface area contributed by atoms with E-state index in [9.17, 15) is 4.79 Å². The first-order valence-electron chi connectivity index (χ1n) is 9.82. The zero-order valence-corrected chi connectivity index (χ0v) is 22.4. The van der Waals surface area contributed by atoms with Gasteiger partial charge in [0.05, 0.1) is 25.6 Å². The number of halogens is 4. The second kappa shape index (κ2) is 9.98. The van der Waals surface area contributed by atoms with Crippen LogP contribution in [0.3, 0.4) is 0 Å². The van der Waals surface area contributed by atoms with Gasteiger partial charge in [0.15, 0.2) is 6.29 Å². The van der Waals surface area contributed by atoms with E-state index in [2.05, 4.69) is 18.9 Å². The molecule has 2 aromatic heterocycles. The molecule has 4 nitrogen and oxygen atoms in total. The molecule has 0 amide bonds. The molecule has 0 atom stereocenters. The van der Waals surface area contributed by atoms with E-state index < -0.39 is 0 Å². The Bertz CT molecular complexity index is 1340. The number of carbonyl (C=O) groups is 1. The second-order valence-corrected chi connectivity index (χ2v) is 12.0. The van der Waals surface area contributed by atoms with Gasteiger partial charge >= 0.3 is 0 Å². The molecule has 10 heteroatoms. The third-order valence-electron chi connectivity index (χ3n) is 4.66. The van der Waals surface area contributed by atoms with Crippen LogP contribution in [0.2, 0.25) is 20.1 Å². The Balaban J connectivity index is 1.90. The summed E-state index contributed by atoms with van der Waals surface area (Å²) < 4.78 is 2.57. The topological polar surface area (TPSA) is 47.8 Å². The Kier molecular flexibility index (Phi) is 7.44. The summed E-state index contributed by atoms with van der Waals surface area (Å²) in [6.07, 6.45) is 0.777. The summed E-state index contributed by atoms with van der Waals surface area (Å²) in [5.74, 6) is 0. The summed E-state index contributed by atoms with van der Waals surface area (Å²) in [4.78, 5) is 17.1. The van der Waals surface area contributed by atoms with Gasteiger partial charge in [0.2, 0.25) is 5.13 Å². The van der Waals surface area contributed by atoms with Crippen molar-refractivity contribution in [3.8, 4) is 27.5 Å². The highest BCUT2D eigenvalue weighted by Gasteiger charge is 2.23. The van der Waals surface area contributed by atoms with E-state index in [0.717, 1.165) is 27.3 Å². The van der Waals surface area contributed by atoms with Crippen molar-refractivity contribution >= 4 is 75.8 Å². The molecule has 170 valence electrons. The third kappa shape index (κ3) is 5.11. The lowest BCUT2D eigenvalue weighted by atomic mass is 10.0. The number of hydrogen-bond acceptors (Lipinski definition) is 5. The fourth-order valence-corrected chi connectivity index (χ4v) is 6.67. The highest BCUT2D eigenvalue weighted by molar-refractivity contribution is 8.01. The third-order valence-corrected chi connectivity index (χ3v) is 8.08. The molecule has 0 aliphatic heterocycles. The molecule has 2 aromatic carbocycles. The first kappa shape index (κ1) is 24.6. The maximum Gasteiger partial charge on any atom is 0.212 e. The number of aromatic nitrogens is 3. The van der Waals surface area contributed by atoms with Crippen molar-refractivity contribution in [3.05, 3.63) is 67.9 Å². The number of carbonyl (C=O) groups excluding carboxylic acids is 1. The van der Waals surface area contributed by atoms with Crippen molar-refractivity contribution in [2.24, 2.45) is 0 Å². The second-order valence-electron chi connectivity index (χ2n) is 7.46. The number of rotatable bonds is 6. The SMILES string of the molecule is Cc1nn(-c2nc(-c3ccc(Cl)c(Cl)c3)c(SC(C)C)s2)c(C=O)c1-c1cc(Cl)cc(Cl)c1. The van der Waals surface area contributed by atoms with Crippen LogP contribution in [0, 0.1) is 6.92 Å². The van der Waals surface area contributed by atoms with Crippen LogP contribution in [-0.2, 0) is 0 Å². The van der Waals surface area contributed by atoms with Gasteiger partial charge in [-0.1, -0.05) is 77.7 Å². The van der Waals surface area contributed by atoms with Gasteiger partial charge < -0.3 is 0 Å². The molecule has 0 radical (unpaired) electrons. The van der Waals surface area contributed by atoms with Crippen LogP contribution in [0.15, 0.2) is 40.6 Å². The number of thioether (sulfide) groups is 1. The Hall–Kier alpha value is -1.54. The molecular weight excluding hydrogens is 540 g/mol. The number of hydrogen-bond donors (Lipinski definition) is 0. The minimum Gasteiger partial charge on any atom is -0.296 e. The van der Waals surface area contributed by atoms with E-state index in [1.165, 1.54) is 11.3 Å². The van der Waals surface area contributed by atoms with Crippen molar-refractivity contribution < 1.29 is 4.79 Å². The van der Waals surface area contributed by atoms with Crippen LogP contribution < -0.4 is 0 Å². The number of aryl methyl sites for hydroxylation is 1. The number of thiazole rings is 1. The average molecular weight is 557 g/mol. The Morgan fingerprint density at radius 3 is 2.30 bits per heavy atom. The first-order chi connectivity index (χ1) is 15.7. The van der Waals surface area contributed by atoms with Gasteiger partial charge in [0.1, 0.15) is 5.69 Å². The lowest BCUT2D eigenvalue weighted by molar-refractivity contribution is 0.111. The molecule has 2 heterocycles. The van der Waals surface area contributed by atoms with Gasteiger partial charge in [0, 0.05) is 26.4 Å². The molecule has 0 spiro atoms. The molecular formula is C23H17Cl4N3OS2. The fraction of sp³-hybridized carbons (Fsp3) is 0.174. The van der Waals surface area contributed by atoms with E-state index in [1.807, 2.05) is 13.0 Å². The van der Waals surface area contributed by atoms with Gasteiger partial charge in [-0.2, -0.15) is 5.10 Å². The zero-order valence-electron chi connectivity index (χ0n) is 17.7. The molecule has 0 fully saturated rings. The standard InChI is InChI=1S/C23H17Cl4N3OS2/c1-11(2)32-22-21(13-4-5-17(26)18(27)8-13)28-23(33-22)30-19(10-31)20(12(3)29-30)14-6-15(24)9-16(25)7-14/h4-11H,1-3H3. The van der Waals surface area contributed by atoms with E-state index in [4.69, 9.17) is 51.4 Å². The van der Waals surface area contributed by atoms with Crippen molar-refractivity contribution in [1.29, 1.82) is 0 Å². The molecule has 0 bridgehead atoms. The average Bonchev–Trinajstić information content (AvgIpc) is 3.29. The van der Waals surface area contributed by atoms with Crippen LogP contribution in [0.4, 0.5) is 0 Å². The summed E-state index contributed by atoms with van der Waals surface area (Å²) in [5.41, 5.74) is 4.04. The normalized spacial score (nSPS) is 11.4. The predicted molar refractivity (Wildman–Crippen MR) is 141 cm³/mol. The van der Waals surface area contributed by atoms with Crippen molar-refractivity contribution in [2.75, 3.05) is 0 Å². The summed E-state index contributed by atoms with van der Waals surface area (Å²) >= 11 is 27.9. The quantitative estimate of drug-likeness (QED) is 0.176. The van der Waals surface area contributed by atoms with E-state index in [-0.39, 0.29) is 0 Å². The van der Waals surface area contributed by atoms with Gasteiger partial charge in [0.25, 0.3) is 0 Å². The van der Waals surface area contributed by atoms with Gasteiger partial charge in [-0.3, -0.25) is 4.79 Å². The molecule has 0 aliphatic carbocycles. The molecule has 4 aromatic rings. The summed E-state index contributed by atoms with van der Waals surface area (Å²) in [5, 5.41) is 7.43. The molecule has 0 N–H and O–H groups in total. The Morgan fingerprint density at radius 1 is 1.00 bits per heavy atom. The maximum absolute atomic E-state index is 12.2. The van der Waals surface area contributed by atoms with Crippen molar-refractivity contribution in [1.82, 2.24) is 14.8 Å². The van der Waals surface area contributed by atoms with Crippen molar-refractivity contribution in [2.45, 2.75) is 30.2 Å². The Labute approximate surface area is 219 Å². The highest BCUT2D eigenvalue weighted by Crippen LogP contribution is 2.42. The Morgan fingerprint density at radius 2 is 1.70 bits per heavy atom. The molecule has 0 saturated carbocycles.